The summed E-state index contributed by atoms with van der Waals surface area (Å²) in [5.74, 6) is -0.564. The van der Waals surface area contributed by atoms with Crippen LogP contribution < -0.4 is 0 Å². The second kappa shape index (κ2) is 2.92. The van der Waals surface area contributed by atoms with Crippen LogP contribution in [0.2, 0.25) is 0 Å². The van der Waals surface area contributed by atoms with E-state index in [4.69, 9.17) is 5.11 Å². The summed E-state index contributed by atoms with van der Waals surface area (Å²) >= 11 is 3.13. The minimum absolute atomic E-state index is 0.0653. The Morgan fingerprint density at radius 3 is 2.85 bits per heavy atom. The average molecular weight is 243 g/mol. The van der Waals surface area contributed by atoms with Gasteiger partial charge in [-0.3, -0.25) is 0 Å². The van der Waals surface area contributed by atoms with Crippen LogP contribution in [0.4, 0.5) is 4.39 Å². The molecular formula is C8H4BrFN2O. The molecule has 0 aromatic carbocycles. The van der Waals surface area contributed by atoms with Crippen molar-refractivity contribution >= 4 is 26.8 Å². The topological polar surface area (TPSA) is 46.0 Å². The monoisotopic (exact) mass is 242 g/mol. The largest absolute Gasteiger partial charge is 0.506 e. The van der Waals surface area contributed by atoms with Crippen molar-refractivity contribution in [3.8, 4) is 5.75 Å². The maximum Gasteiger partial charge on any atom is 0.151 e. The van der Waals surface area contributed by atoms with Crippen LogP contribution in [0, 0.1) is 5.82 Å². The normalized spacial score (nSPS) is 10.6. The van der Waals surface area contributed by atoms with Gasteiger partial charge in [-0.2, -0.15) is 0 Å². The van der Waals surface area contributed by atoms with E-state index in [2.05, 4.69) is 25.9 Å². The van der Waals surface area contributed by atoms with E-state index in [1.54, 1.807) is 0 Å². The van der Waals surface area contributed by atoms with Crippen molar-refractivity contribution in [1.29, 1.82) is 0 Å². The van der Waals surface area contributed by atoms with Gasteiger partial charge in [0.2, 0.25) is 0 Å². The molecule has 1 N–H and O–H groups in total. The number of aromatic hydroxyl groups is 1. The van der Waals surface area contributed by atoms with Crippen LogP contribution in [0.3, 0.4) is 0 Å². The van der Waals surface area contributed by atoms with Crippen molar-refractivity contribution in [1.82, 2.24) is 9.97 Å². The molecule has 66 valence electrons. The first-order chi connectivity index (χ1) is 6.18. The van der Waals surface area contributed by atoms with Crippen molar-refractivity contribution in [2.24, 2.45) is 0 Å². The fourth-order valence-corrected chi connectivity index (χ4v) is 1.46. The summed E-state index contributed by atoms with van der Waals surface area (Å²) in [5, 5.41) is 9.33. The third-order valence-corrected chi connectivity index (χ3v) is 2.20. The van der Waals surface area contributed by atoms with Gasteiger partial charge >= 0.3 is 0 Å². The molecule has 0 saturated carbocycles. The molecule has 13 heavy (non-hydrogen) atoms. The number of hydrogen-bond acceptors (Lipinski definition) is 3. The molecule has 5 heteroatoms. The van der Waals surface area contributed by atoms with Crippen molar-refractivity contribution in [3.05, 3.63) is 28.9 Å². The van der Waals surface area contributed by atoms with Crippen molar-refractivity contribution < 1.29 is 9.50 Å². The molecule has 0 atom stereocenters. The van der Waals surface area contributed by atoms with Crippen LogP contribution >= 0.6 is 15.9 Å². The zero-order valence-corrected chi connectivity index (χ0v) is 7.92. The number of hydrogen-bond donors (Lipinski definition) is 1. The molecule has 0 spiro atoms. The number of nitrogens with zero attached hydrogens (tertiary/aromatic N) is 2. The number of fused-ring (bicyclic) bond motifs is 1. The van der Waals surface area contributed by atoms with Crippen LogP contribution in [0.1, 0.15) is 0 Å². The van der Waals surface area contributed by atoms with Gasteiger partial charge in [0.05, 0.1) is 12.4 Å². The van der Waals surface area contributed by atoms with Crippen molar-refractivity contribution in [2.45, 2.75) is 0 Å². The van der Waals surface area contributed by atoms with Gasteiger partial charge < -0.3 is 5.11 Å². The molecule has 0 radical (unpaired) electrons. The van der Waals surface area contributed by atoms with Crippen LogP contribution in [-0.4, -0.2) is 15.1 Å². The van der Waals surface area contributed by atoms with Crippen molar-refractivity contribution in [2.75, 3.05) is 0 Å². The predicted molar refractivity (Wildman–Crippen MR) is 48.9 cm³/mol. The van der Waals surface area contributed by atoms with E-state index >= 15 is 0 Å². The summed E-state index contributed by atoms with van der Waals surface area (Å²) in [7, 11) is 0. The highest BCUT2D eigenvalue weighted by Gasteiger charge is 2.06. The maximum absolute atomic E-state index is 13.1. The second-order valence-electron chi connectivity index (χ2n) is 2.49. The summed E-state index contributed by atoms with van der Waals surface area (Å²) in [6, 6.07) is 1.31. The average Bonchev–Trinajstić information content (AvgIpc) is 2.12. The van der Waals surface area contributed by atoms with Gasteiger partial charge in [0.1, 0.15) is 15.9 Å². The Morgan fingerprint density at radius 1 is 1.31 bits per heavy atom. The highest BCUT2D eigenvalue weighted by molar-refractivity contribution is 9.10. The fraction of sp³-hybridized carbons (Fsp3) is 0. The lowest BCUT2D eigenvalue weighted by molar-refractivity contribution is 0.473. The Morgan fingerprint density at radius 2 is 2.08 bits per heavy atom. The summed E-state index contributed by atoms with van der Waals surface area (Å²) < 4.78 is 13.6. The third kappa shape index (κ3) is 1.35. The van der Waals surface area contributed by atoms with E-state index in [9.17, 15) is 4.39 Å². The molecule has 0 bridgehead atoms. The molecular weight excluding hydrogens is 239 g/mol. The first-order valence-corrected chi connectivity index (χ1v) is 4.26. The molecule has 0 fully saturated rings. The predicted octanol–water partition coefficient (Wildman–Crippen LogP) is 2.24. The number of rotatable bonds is 0. The van der Waals surface area contributed by atoms with Crippen LogP contribution in [-0.2, 0) is 0 Å². The Balaban J connectivity index is 2.92. The molecule has 2 heterocycles. The lowest BCUT2D eigenvalue weighted by Gasteiger charge is -2.00. The molecule has 3 nitrogen and oxygen atoms in total. The number of pyridine rings is 2. The Labute approximate surface area is 81.4 Å². The van der Waals surface area contributed by atoms with Gasteiger partial charge in [0.15, 0.2) is 5.82 Å². The van der Waals surface area contributed by atoms with Crippen LogP contribution in [0.15, 0.2) is 23.1 Å². The number of halogens is 2. The second-order valence-corrected chi connectivity index (χ2v) is 3.24. The zero-order chi connectivity index (χ0) is 9.42. The lowest BCUT2D eigenvalue weighted by Crippen LogP contribution is -1.87. The van der Waals surface area contributed by atoms with Crippen molar-refractivity contribution in [3.63, 3.8) is 0 Å². The van der Waals surface area contributed by atoms with E-state index < -0.39 is 5.82 Å². The number of aromatic nitrogens is 2. The summed E-state index contributed by atoms with van der Waals surface area (Å²) in [4.78, 5) is 7.58. The van der Waals surface area contributed by atoms with Crippen LogP contribution in [0.5, 0.6) is 5.75 Å². The molecule has 0 saturated heterocycles. The first kappa shape index (κ1) is 8.37. The van der Waals surface area contributed by atoms with Gasteiger partial charge in [-0.1, -0.05) is 0 Å². The minimum Gasteiger partial charge on any atom is -0.506 e. The molecule has 2 aromatic rings. The van der Waals surface area contributed by atoms with E-state index in [1.807, 2.05) is 0 Å². The van der Waals surface area contributed by atoms with Gasteiger partial charge in [-0.25, -0.2) is 14.4 Å². The summed E-state index contributed by atoms with van der Waals surface area (Å²) in [5.41, 5.74) is 0.401. The molecule has 0 aliphatic rings. The maximum atomic E-state index is 13.1. The van der Waals surface area contributed by atoms with E-state index in [1.165, 1.54) is 12.3 Å². The molecule has 0 aliphatic heterocycles. The Bertz CT molecular complexity index is 475. The quantitative estimate of drug-likeness (QED) is 0.721. The van der Waals surface area contributed by atoms with Gasteiger partial charge in [-0.05, 0) is 22.0 Å². The SMILES string of the molecule is Oc1cnc2c(Br)ncc(F)c2c1. The van der Waals surface area contributed by atoms with E-state index in [0.717, 1.165) is 6.20 Å². The van der Waals surface area contributed by atoms with E-state index in [0.29, 0.717) is 10.1 Å². The highest BCUT2D eigenvalue weighted by Crippen LogP contribution is 2.24. The molecule has 0 aliphatic carbocycles. The highest BCUT2D eigenvalue weighted by atomic mass is 79.9. The fourth-order valence-electron chi connectivity index (χ4n) is 1.04. The van der Waals surface area contributed by atoms with Gasteiger partial charge in [-0.15, -0.1) is 0 Å². The zero-order valence-electron chi connectivity index (χ0n) is 6.33. The molecule has 0 unspecified atom stereocenters. The smallest absolute Gasteiger partial charge is 0.151 e. The molecule has 0 amide bonds. The minimum atomic E-state index is -0.499. The van der Waals surface area contributed by atoms with Gasteiger partial charge in [0.25, 0.3) is 0 Å². The van der Waals surface area contributed by atoms with E-state index in [-0.39, 0.29) is 11.1 Å². The summed E-state index contributed by atoms with van der Waals surface area (Å²) in [6.45, 7) is 0. The van der Waals surface area contributed by atoms with Gasteiger partial charge in [0, 0.05) is 5.39 Å². The first-order valence-electron chi connectivity index (χ1n) is 3.47. The summed E-state index contributed by atoms with van der Waals surface area (Å²) in [6.07, 6.45) is 2.32. The molecule has 2 aromatic heterocycles. The molecule has 2 rings (SSSR count). The Hall–Kier alpha value is -1.23. The lowest BCUT2D eigenvalue weighted by atomic mass is 10.2. The Kier molecular flexibility index (Phi) is 1.88. The van der Waals surface area contributed by atoms with Crippen LogP contribution in [0.25, 0.3) is 10.9 Å². The standard InChI is InChI=1S/C8H4BrFN2O/c9-8-7-5(6(10)3-12-8)1-4(13)2-11-7/h1-3,13H. The third-order valence-electron chi connectivity index (χ3n) is 1.62.